The van der Waals surface area contributed by atoms with Crippen molar-refractivity contribution in [1.82, 2.24) is 10.1 Å². The van der Waals surface area contributed by atoms with Gasteiger partial charge in [0.15, 0.2) is 12.4 Å². The zero-order chi connectivity index (χ0) is 12.4. The molecule has 3 rings (SSSR count). The van der Waals surface area contributed by atoms with Gasteiger partial charge in [0.1, 0.15) is 5.75 Å². The molecule has 1 aliphatic carbocycles. The van der Waals surface area contributed by atoms with Crippen LogP contribution in [0.2, 0.25) is 0 Å². The molecule has 1 heterocycles. The Labute approximate surface area is 105 Å². The minimum absolute atomic E-state index is 0.295. The summed E-state index contributed by atoms with van der Waals surface area (Å²) in [5.74, 6) is 2.57. The van der Waals surface area contributed by atoms with Gasteiger partial charge in [-0.1, -0.05) is 11.6 Å². The molecule has 18 heavy (non-hydrogen) atoms. The fraction of sp³-hybridized carbons (Fsp3) is 0.385. The predicted octanol–water partition coefficient (Wildman–Crippen LogP) is 2.50. The largest absolute Gasteiger partial charge is 0.484 e. The van der Waals surface area contributed by atoms with Crippen molar-refractivity contribution < 1.29 is 9.26 Å². The molecular weight excluding hydrogens is 230 g/mol. The summed E-state index contributed by atoms with van der Waals surface area (Å²) in [6.45, 7) is 0.295. The third kappa shape index (κ3) is 2.30. The highest BCUT2D eigenvalue weighted by molar-refractivity contribution is 5.41. The highest BCUT2D eigenvalue weighted by atomic mass is 16.5. The summed E-state index contributed by atoms with van der Waals surface area (Å²) in [6, 6.07) is 7.23. The van der Waals surface area contributed by atoms with E-state index in [1.807, 2.05) is 12.1 Å². The molecule has 2 aromatic rings. The molecular formula is C13H15N3O2. The van der Waals surface area contributed by atoms with Crippen LogP contribution in [0.4, 0.5) is 5.69 Å². The minimum Gasteiger partial charge on any atom is -0.484 e. The van der Waals surface area contributed by atoms with Crippen LogP contribution in [0.25, 0.3) is 0 Å². The number of rotatable bonds is 4. The molecule has 0 amide bonds. The summed E-state index contributed by atoms with van der Waals surface area (Å²) < 4.78 is 10.7. The second-order valence-corrected chi connectivity index (χ2v) is 4.53. The third-order valence-corrected chi connectivity index (χ3v) is 3.20. The van der Waals surface area contributed by atoms with Crippen molar-refractivity contribution in [3.05, 3.63) is 36.0 Å². The first-order chi connectivity index (χ1) is 8.81. The average Bonchev–Trinajstić information content (AvgIpc) is 2.75. The van der Waals surface area contributed by atoms with Crippen molar-refractivity contribution in [2.45, 2.75) is 31.8 Å². The number of nitrogens with zero attached hydrogens (tertiary/aromatic N) is 2. The first-order valence-corrected chi connectivity index (χ1v) is 6.12. The molecule has 1 fully saturated rings. The van der Waals surface area contributed by atoms with Crippen LogP contribution in [0.1, 0.15) is 36.9 Å². The Bertz CT molecular complexity index is 517. The van der Waals surface area contributed by atoms with Gasteiger partial charge in [-0.05, 0) is 37.1 Å². The lowest BCUT2D eigenvalue weighted by Crippen LogP contribution is -2.10. The van der Waals surface area contributed by atoms with Crippen molar-refractivity contribution in [2.75, 3.05) is 5.73 Å². The second kappa shape index (κ2) is 4.68. The van der Waals surface area contributed by atoms with Crippen LogP contribution >= 0.6 is 0 Å². The number of ether oxygens (including phenoxy) is 1. The molecule has 0 atom stereocenters. The predicted molar refractivity (Wildman–Crippen MR) is 66.1 cm³/mol. The van der Waals surface area contributed by atoms with Gasteiger partial charge in [-0.2, -0.15) is 4.98 Å². The molecule has 1 saturated carbocycles. The van der Waals surface area contributed by atoms with E-state index in [9.17, 15) is 0 Å². The van der Waals surface area contributed by atoms with E-state index in [0.29, 0.717) is 24.1 Å². The van der Waals surface area contributed by atoms with Crippen molar-refractivity contribution in [1.29, 1.82) is 0 Å². The monoisotopic (exact) mass is 245 g/mol. The Morgan fingerprint density at radius 3 is 2.72 bits per heavy atom. The average molecular weight is 245 g/mol. The highest BCUT2D eigenvalue weighted by Crippen LogP contribution is 2.34. The van der Waals surface area contributed by atoms with Crippen LogP contribution in [0.15, 0.2) is 28.8 Å². The molecule has 0 saturated heterocycles. The number of aromatic nitrogens is 2. The van der Waals surface area contributed by atoms with Gasteiger partial charge in [-0.15, -0.1) is 0 Å². The number of nitrogen functional groups attached to an aromatic ring is 1. The molecule has 0 aliphatic heterocycles. The van der Waals surface area contributed by atoms with E-state index in [0.717, 1.165) is 24.4 Å². The second-order valence-electron chi connectivity index (χ2n) is 4.53. The van der Waals surface area contributed by atoms with Crippen LogP contribution in [0.3, 0.4) is 0 Å². The van der Waals surface area contributed by atoms with E-state index in [1.54, 1.807) is 12.1 Å². The third-order valence-electron chi connectivity index (χ3n) is 3.20. The van der Waals surface area contributed by atoms with Gasteiger partial charge in [-0.25, -0.2) is 0 Å². The summed E-state index contributed by atoms with van der Waals surface area (Å²) in [5.41, 5.74) is 6.31. The van der Waals surface area contributed by atoms with E-state index in [-0.39, 0.29) is 0 Å². The fourth-order valence-corrected chi connectivity index (χ4v) is 1.87. The summed E-state index contributed by atoms with van der Waals surface area (Å²) in [5, 5.41) is 3.98. The van der Waals surface area contributed by atoms with Crippen LogP contribution in [0.5, 0.6) is 5.75 Å². The Morgan fingerprint density at radius 1 is 1.28 bits per heavy atom. The SMILES string of the molecule is Nc1ccc(OCc2nc(C3CCC3)no2)cc1. The maximum absolute atomic E-state index is 5.60. The first kappa shape index (κ1) is 11.1. The smallest absolute Gasteiger partial charge is 0.264 e. The highest BCUT2D eigenvalue weighted by Gasteiger charge is 2.24. The molecule has 5 heteroatoms. The molecule has 1 aromatic carbocycles. The topological polar surface area (TPSA) is 74.2 Å². The molecule has 1 aromatic heterocycles. The van der Waals surface area contributed by atoms with E-state index in [4.69, 9.17) is 15.0 Å². The summed E-state index contributed by atoms with van der Waals surface area (Å²) in [4.78, 5) is 4.34. The van der Waals surface area contributed by atoms with Gasteiger partial charge in [-0.3, -0.25) is 0 Å². The summed E-state index contributed by atoms with van der Waals surface area (Å²) in [6.07, 6.45) is 3.59. The fourth-order valence-electron chi connectivity index (χ4n) is 1.87. The Morgan fingerprint density at radius 2 is 2.06 bits per heavy atom. The molecule has 0 radical (unpaired) electrons. The van der Waals surface area contributed by atoms with Gasteiger partial charge in [0.2, 0.25) is 0 Å². The molecule has 5 nitrogen and oxygen atoms in total. The molecule has 0 unspecified atom stereocenters. The quantitative estimate of drug-likeness (QED) is 0.838. The van der Waals surface area contributed by atoms with Crippen LogP contribution in [0, 0.1) is 0 Å². The lowest BCUT2D eigenvalue weighted by molar-refractivity contribution is 0.241. The van der Waals surface area contributed by atoms with Gasteiger partial charge >= 0.3 is 0 Å². The normalized spacial score (nSPS) is 15.3. The van der Waals surface area contributed by atoms with Crippen molar-refractivity contribution >= 4 is 5.69 Å². The standard InChI is InChI=1S/C13H15N3O2/c14-10-4-6-11(7-5-10)17-8-12-15-13(16-18-12)9-2-1-3-9/h4-7,9H,1-3,8,14H2. The summed E-state index contributed by atoms with van der Waals surface area (Å²) in [7, 11) is 0. The Kier molecular flexibility index (Phi) is 2.88. The van der Waals surface area contributed by atoms with Gasteiger partial charge < -0.3 is 15.0 Å². The minimum atomic E-state index is 0.295. The van der Waals surface area contributed by atoms with E-state index < -0.39 is 0 Å². The lowest BCUT2D eigenvalue weighted by Gasteiger charge is -2.20. The van der Waals surface area contributed by atoms with Crippen LogP contribution in [-0.2, 0) is 6.61 Å². The number of nitrogens with two attached hydrogens (primary N) is 1. The van der Waals surface area contributed by atoms with Crippen molar-refractivity contribution in [3.8, 4) is 5.75 Å². The molecule has 1 aliphatic rings. The van der Waals surface area contributed by atoms with Crippen molar-refractivity contribution in [2.24, 2.45) is 0 Å². The van der Waals surface area contributed by atoms with E-state index in [1.165, 1.54) is 6.42 Å². The van der Waals surface area contributed by atoms with E-state index in [2.05, 4.69) is 10.1 Å². The molecule has 0 bridgehead atoms. The molecule has 94 valence electrons. The lowest BCUT2D eigenvalue weighted by atomic mass is 9.85. The number of hydrogen-bond acceptors (Lipinski definition) is 5. The molecule has 2 N–H and O–H groups in total. The zero-order valence-electron chi connectivity index (χ0n) is 10.0. The molecule has 0 spiro atoms. The van der Waals surface area contributed by atoms with Gasteiger partial charge in [0, 0.05) is 11.6 Å². The van der Waals surface area contributed by atoms with Gasteiger partial charge in [0.05, 0.1) is 0 Å². The van der Waals surface area contributed by atoms with E-state index >= 15 is 0 Å². The van der Waals surface area contributed by atoms with Gasteiger partial charge in [0.25, 0.3) is 5.89 Å². The number of benzene rings is 1. The maximum atomic E-state index is 5.60. The maximum Gasteiger partial charge on any atom is 0.264 e. The van der Waals surface area contributed by atoms with Crippen molar-refractivity contribution in [3.63, 3.8) is 0 Å². The van der Waals surface area contributed by atoms with Crippen LogP contribution in [-0.4, -0.2) is 10.1 Å². The zero-order valence-corrected chi connectivity index (χ0v) is 10.0. The first-order valence-electron chi connectivity index (χ1n) is 6.12. The van der Waals surface area contributed by atoms with Crippen LogP contribution < -0.4 is 10.5 Å². The Balaban J connectivity index is 1.59. The Hall–Kier alpha value is -2.04. The number of anilines is 1. The summed E-state index contributed by atoms with van der Waals surface area (Å²) >= 11 is 0. The number of hydrogen-bond donors (Lipinski definition) is 1.